The Balaban J connectivity index is 2.55. The molecule has 3 nitrogen and oxygen atoms in total. The van der Waals surface area contributed by atoms with Gasteiger partial charge in [0.05, 0.1) is 0 Å². The second-order valence-corrected chi connectivity index (χ2v) is 3.91. The molecular formula is C11H7F6N3. The summed E-state index contributed by atoms with van der Waals surface area (Å²) in [5, 5.41) is 6.16. The normalized spacial score (nSPS) is 12.9. The SMILES string of the molecule is FC(F)(F)C(c1nncn1-c1ccccc1)C(F)(F)F. The molecule has 1 aromatic carbocycles. The second kappa shape index (κ2) is 4.80. The second-order valence-electron chi connectivity index (χ2n) is 3.91. The van der Waals surface area contributed by atoms with E-state index in [1.54, 1.807) is 6.07 Å². The van der Waals surface area contributed by atoms with Crippen LogP contribution in [0.3, 0.4) is 0 Å². The van der Waals surface area contributed by atoms with Crippen LogP contribution in [-0.2, 0) is 0 Å². The van der Waals surface area contributed by atoms with Crippen LogP contribution >= 0.6 is 0 Å². The molecule has 2 rings (SSSR count). The standard InChI is InChI=1S/C11H7F6N3/c12-10(13,14)8(11(15,16)17)9-19-18-6-20(9)7-4-2-1-3-5-7/h1-6,8H. The Labute approximate surface area is 108 Å². The molecule has 0 spiro atoms. The molecule has 2 aromatic rings. The van der Waals surface area contributed by atoms with E-state index in [1.165, 1.54) is 24.3 Å². The Kier molecular flexibility index (Phi) is 3.45. The smallest absolute Gasteiger partial charge is 0.285 e. The lowest BCUT2D eigenvalue weighted by atomic mass is 10.1. The number of hydrogen-bond acceptors (Lipinski definition) is 2. The molecule has 0 unspecified atom stereocenters. The summed E-state index contributed by atoms with van der Waals surface area (Å²) in [6.07, 6.45) is -10.2. The minimum absolute atomic E-state index is 0.117. The number of halogens is 6. The third-order valence-corrected chi connectivity index (χ3v) is 2.52. The summed E-state index contributed by atoms with van der Waals surface area (Å²) >= 11 is 0. The average molecular weight is 295 g/mol. The van der Waals surface area contributed by atoms with Gasteiger partial charge in [0, 0.05) is 5.69 Å². The van der Waals surface area contributed by atoms with Gasteiger partial charge in [0.25, 0.3) is 0 Å². The van der Waals surface area contributed by atoms with Crippen LogP contribution in [0.1, 0.15) is 11.7 Å². The Morgan fingerprint density at radius 3 is 1.95 bits per heavy atom. The predicted molar refractivity (Wildman–Crippen MR) is 56.2 cm³/mol. The van der Waals surface area contributed by atoms with Crippen molar-refractivity contribution < 1.29 is 26.3 Å². The highest BCUT2D eigenvalue weighted by Crippen LogP contribution is 2.45. The molecule has 0 bridgehead atoms. The third-order valence-electron chi connectivity index (χ3n) is 2.52. The maximum absolute atomic E-state index is 12.7. The summed E-state index contributed by atoms with van der Waals surface area (Å²) in [5.41, 5.74) is 0.117. The van der Waals surface area contributed by atoms with Crippen molar-refractivity contribution in [1.82, 2.24) is 14.8 Å². The predicted octanol–water partition coefficient (Wildman–Crippen LogP) is 3.48. The summed E-state index contributed by atoms with van der Waals surface area (Å²) in [7, 11) is 0. The van der Waals surface area contributed by atoms with E-state index in [2.05, 4.69) is 10.2 Å². The Hall–Kier alpha value is -2.06. The number of para-hydroxylation sites is 1. The fraction of sp³-hybridized carbons (Fsp3) is 0.273. The first-order chi connectivity index (χ1) is 9.21. The largest absolute Gasteiger partial charge is 0.407 e. The molecular weight excluding hydrogens is 288 g/mol. The highest BCUT2D eigenvalue weighted by Gasteiger charge is 2.60. The molecule has 0 aliphatic carbocycles. The molecule has 0 fully saturated rings. The average Bonchev–Trinajstić information content (AvgIpc) is 2.75. The number of rotatable bonds is 2. The molecule has 0 radical (unpaired) electrons. The molecule has 0 aliphatic rings. The summed E-state index contributed by atoms with van der Waals surface area (Å²) in [6.45, 7) is 0. The van der Waals surface area contributed by atoms with Crippen molar-refractivity contribution in [2.24, 2.45) is 0 Å². The van der Waals surface area contributed by atoms with Gasteiger partial charge >= 0.3 is 12.4 Å². The lowest BCUT2D eigenvalue weighted by Gasteiger charge is -2.22. The van der Waals surface area contributed by atoms with Crippen LogP contribution in [0.4, 0.5) is 26.3 Å². The van der Waals surface area contributed by atoms with Gasteiger partial charge in [-0.05, 0) is 12.1 Å². The van der Waals surface area contributed by atoms with Crippen LogP contribution in [-0.4, -0.2) is 27.1 Å². The monoisotopic (exact) mass is 295 g/mol. The highest BCUT2D eigenvalue weighted by molar-refractivity contribution is 5.33. The fourth-order valence-electron chi connectivity index (χ4n) is 1.71. The number of benzene rings is 1. The zero-order chi connectivity index (χ0) is 15.0. The molecule has 0 saturated carbocycles. The van der Waals surface area contributed by atoms with Crippen molar-refractivity contribution in [3.05, 3.63) is 42.5 Å². The van der Waals surface area contributed by atoms with Crippen LogP contribution in [0.5, 0.6) is 0 Å². The van der Waals surface area contributed by atoms with Gasteiger partial charge in [0.1, 0.15) is 6.33 Å². The van der Waals surface area contributed by atoms with E-state index in [0.717, 1.165) is 6.33 Å². The van der Waals surface area contributed by atoms with Gasteiger partial charge in [-0.1, -0.05) is 18.2 Å². The summed E-state index contributed by atoms with van der Waals surface area (Å²) < 4.78 is 76.7. The van der Waals surface area contributed by atoms with E-state index in [9.17, 15) is 26.3 Å². The van der Waals surface area contributed by atoms with Gasteiger partial charge in [0.2, 0.25) is 5.92 Å². The van der Waals surface area contributed by atoms with Crippen molar-refractivity contribution in [3.63, 3.8) is 0 Å². The van der Waals surface area contributed by atoms with Crippen LogP contribution < -0.4 is 0 Å². The van der Waals surface area contributed by atoms with E-state index in [4.69, 9.17) is 0 Å². The van der Waals surface area contributed by atoms with E-state index < -0.39 is 24.1 Å². The maximum Gasteiger partial charge on any atom is 0.407 e. The zero-order valence-corrected chi connectivity index (χ0v) is 9.65. The first-order valence-electron chi connectivity index (χ1n) is 5.30. The van der Waals surface area contributed by atoms with Gasteiger partial charge in [-0.2, -0.15) is 26.3 Å². The van der Waals surface area contributed by atoms with Crippen LogP contribution in [0.2, 0.25) is 0 Å². The molecule has 1 aromatic heterocycles. The van der Waals surface area contributed by atoms with E-state index >= 15 is 0 Å². The van der Waals surface area contributed by atoms with E-state index in [-0.39, 0.29) is 5.69 Å². The number of alkyl halides is 6. The lowest BCUT2D eigenvalue weighted by molar-refractivity contribution is -0.255. The van der Waals surface area contributed by atoms with Crippen molar-refractivity contribution in [2.45, 2.75) is 18.3 Å². The molecule has 1 heterocycles. The summed E-state index contributed by atoms with van der Waals surface area (Å²) in [4.78, 5) is 0. The minimum Gasteiger partial charge on any atom is -0.285 e. The van der Waals surface area contributed by atoms with Crippen LogP contribution in [0.15, 0.2) is 36.7 Å². The molecule has 0 amide bonds. The Morgan fingerprint density at radius 1 is 0.900 bits per heavy atom. The van der Waals surface area contributed by atoms with Crippen LogP contribution in [0, 0.1) is 0 Å². The van der Waals surface area contributed by atoms with Crippen molar-refractivity contribution >= 4 is 0 Å². The molecule has 0 N–H and O–H groups in total. The maximum atomic E-state index is 12.7. The molecule has 0 atom stereocenters. The van der Waals surface area contributed by atoms with Crippen molar-refractivity contribution in [1.29, 1.82) is 0 Å². The lowest BCUT2D eigenvalue weighted by Crippen LogP contribution is -2.36. The topological polar surface area (TPSA) is 30.7 Å². The molecule has 0 aliphatic heterocycles. The van der Waals surface area contributed by atoms with E-state index in [0.29, 0.717) is 4.57 Å². The third kappa shape index (κ3) is 2.75. The van der Waals surface area contributed by atoms with Gasteiger partial charge in [-0.25, -0.2) is 0 Å². The highest BCUT2D eigenvalue weighted by atomic mass is 19.4. The van der Waals surface area contributed by atoms with Crippen molar-refractivity contribution in [2.75, 3.05) is 0 Å². The molecule has 0 saturated heterocycles. The van der Waals surface area contributed by atoms with Gasteiger partial charge in [-0.3, -0.25) is 4.57 Å². The fourth-order valence-corrected chi connectivity index (χ4v) is 1.71. The van der Waals surface area contributed by atoms with Gasteiger partial charge in [-0.15, -0.1) is 10.2 Å². The first-order valence-corrected chi connectivity index (χ1v) is 5.30. The molecule has 9 heteroatoms. The number of nitrogens with zero attached hydrogens (tertiary/aromatic N) is 3. The molecule has 20 heavy (non-hydrogen) atoms. The summed E-state index contributed by atoms with van der Waals surface area (Å²) in [6, 6.07) is 7.26. The number of aromatic nitrogens is 3. The number of hydrogen-bond donors (Lipinski definition) is 0. The zero-order valence-electron chi connectivity index (χ0n) is 9.65. The quantitative estimate of drug-likeness (QED) is 0.794. The first kappa shape index (κ1) is 14.4. The minimum atomic E-state index is -5.50. The van der Waals surface area contributed by atoms with E-state index in [1.807, 2.05) is 0 Å². The van der Waals surface area contributed by atoms with Crippen LogP contribution in [0.25, 0.3) is 5.69 Å². The summed E-state index contributed by atoms with van der Waals surface area (Å²) in [5.74, 6) is -4.89. The van der Waals surface area contributed by atoms with Gasteiger partial charge in [0.15, 0.2) is 5.82 Å². The Bertz CT molecular complexity index is 558. The van der Waals surface area contributed by atoms with Gasteiger partial charge < -0.3 is 0 Å². The van der Waals surface area contributed by atoms with Crippen molar-refractivity contribution in [3.8, 4) is 5.69 Å². The Morgan fingerprint density at radius 2 is 1.45 bits per heavy atom. The molecule has 108 valence electrons.